The zero-order valence-corrected chi connectivity index (χ0v) is 22.6. The smallest absolute Gasteiger partial charge is 0.144 e. The van der Waals surface area contributed by atoms with Crippen LogP contribution in [0.5, 0.6) is 5.75 Å². The van der Waals surface area contributed by atoms with Gasteiger partial charge in [0.2, 0.25) is 0 Å². The van der Waals surface area contributed by atoms with Crippen LogP contribution in [0, 0.1) is 0 Å². The summed E-state index contributed by atoms with van der Waals surface area (Å²) in [5, 5.41) is 2.54. The predicted octanol–water partition coefficient (Wildman–Crippen LogP) is 10.0. The van der Waals surface area contributed by atoms with E-state index in [0.29, 0.717) is 0 Å². The van der Waals surface area contributed by atoms with Crippen LogP contribution in [0.4, 0.5) is 5.69 Å². The summed E-state index contributed by atoms with van der Waals surface area (Å²) in [5.74, 6) is 0.846. The minimum absolute atomic E-state index is 0.751. The van der Waals surface area contributed by atoms with Crippen molar-refractivity contribution >= 4 is 27.5 Å². The van der Waals surface area contributed by atoms with Crippen molar-refractivity contribution in [3.8, 4) is 5.75 Å². The summed E-state index contributed by atoms with van der Waals surface area (Å²) >= 11 is 0. The standard InChI is InChI=1S/C32H50N2O/c1-3-5-7-9-11-12-13-14-15-19-23-34-30-22-18-17-21-27(30)28-25-29(33)32(26-31(28)34)35-24-20-16-10-8-6-4-2/h17-18,21-22,25-26H,3-16,19-20,23-24,33H2,1-2H3. The fourth-order valence-corrected chi connectivity index (χ4v) is 5.28. The molecule has 0 atom stereocenters. The van der Waals surface area contributed by atoms with Crippen LogP contribution in [0.1, 0.15) is 117 Å². The molecule has 0 aliphatic carbocycles. The van der Waals surface area contributed by atoms with E-state index < -0.39 is 0 Å². The van der Waals surface area contributed by atoms with E-state index in [1.54, 1.807) is 0 Å². The van der Waals surface area contributed by atoms with Gasteiger partial charge < -0.3 is 15.0 Å². The lowest BCUT2D eigenvalue weighted by atomic mass is 10.1. The van der Waals surface area contributed by atoms with Gasteiger partial charge in [-0.3, -0.25) is 0 Å². The van der Waals surface area contributed by atoms with Gasteiger partial charge >= 0.3 is 0 Å². The van der Waals surface area contributed by atoms with Crippen molar-refractivity contribution in [2.24, 2.45) is 0 Å². The maximum Gasteiger partial charge on any atom is 0.144 e. The zero-order chi connectivity index (χ0) is 24.7. The second kappa shape index (κ2) is 15.8. The molecule has 3 aromatic rings. The number of para-hydroxylation sites is 1. The molecule has 3 rings (SSSR count). The van der Waals surface area contributed by atoms with Gasteiger partial charge in [-0.05, 0) is 25.0 Å². The van der Waals surface area contributed by atoms with Gasteiger partial charge in [-0.25, -0.2) is 0 Å². The molecule has 3 heteroatoms. The van der Waals surface area contributed by atoms with Gasteiger partial charge in [0.25, 0.3) is 0 Å². The van der Waals surface area contributed by atoms with Crippen LogP contribution in [-0.2, 0) is 6.54 Å². The van der Waals surface area contributed by atoms with E-state index in [4.69, 9.17) is 10.5 Å². The van der Waals surface area contributed by atoms with Gasteiger partial charge in [-0.1, -0.05) is 122 Å². The van der Waals surface area contributed by atoms with Crippen LogP contribution < -0.4 is 10.5 Å². The van der Waals surface area contributed by atoms with Crippen molar-refractivity contribution in [2.45, 2.75) is 123 Å². The average molecular weight is 479 g/mol. The fraction of sp³-hybridized carbons (Fsp3) is 0.625. The molecule has 3 nitrogen and oxygen atoms in total. The summed E-state index contributed by atoms with van der Waals surface area (Å²) < 4.78 is 8.66. The summed E-state index contributed by atoms with van der Waals surface area (Å²) in [6.07, 6.45) is 21.3. The van der Waals surface area contributed by atoms with Crippen LogP contribution in [0.2, 0.25) is 0 Å². The van der Waals surface area contributed by atoms with Gasteiger partial charge in [0.15, 0.2) is 0 Å². The van der Waals surface area contributed by atoms with E-state index in [1.807, 2.05) is 0 Å². The van der Waals surface area contributed by atoms with Crippen LogP contribution in [0.25, 0.3) is 21.8 Å². The van der Waals surface area contributed by atoms with Crippen LogP contribution in [0.15, 0.2) is 36.4 Å². The van der Waals surface area contributed by atoms with Crippen molar-refractivity contribution in [3.63, 3.8) is 0 Å². The number of hydrogen-bond donors (Lipinski definition) is 1. The number of aryl methyl sites for hydroxylation is 1. The molecule has 194 valence electrons. The normalized spacial score (nSPS) is 11.6. The SMILES string of the molecule is CCCCCCCCCCCCn1c2ccccc2c2cc(N)c(OCCCCCCCC)cc21. The molecular formula is C32H50N2O. The van der Waals surface area contributed by atoms with Gasteiger partial charge in [0.1, 0.15) is 5.75 Å². The molecule has 0 spiro atoms. The maximum absolute atomic E-state index is 6.44. The number of nitrogens with zero attached hydrogens (tertiary/aromatic N) is 1. The minimum Gasteiger partial charge on any atom is -0.491 e. The van der Waals surface area contributed by atoms with E-state index in [1.165, 1.54) is 118 Å². The third-order valence-electron chi connectivity index (χ3n) is 7.39. The number of benzene rings is 2. The highest BCUT2D eigenvalue weighted by molar-refractivity contribution is 6.09. The highest BCUT2D eigenvalue weighted by Crippen LogP contribution is 2.35. The Hall–Kier alpha value is -2.16. The number of aromatic nitrogens is 1. The van der Waals surface area contributed by atoms with Gasteiger partial charge in [0, 0.05) is 28.9 Å². The molecular weight excluding hydrogens is 428 g/mol. The van der Waals surface area contributed by atoms with Crippen molar-refractivity contribution < 1.29 is 4.74 Å². The Labute approximate surface area is 214 Å². The van der Waals surface area contributed by atoms with Gasteiger partial charge in [0.05, 0.1) is 17.8 Å². The van der Waals surface area contributed by atoms with E-state index in [0.717, 1.165) is 31.0 Å². The van der Waals surface area contributed by atoms with Crippen molar-refractivity contribution in [2.75, 3.05) is 12.3 Å². The fourth-order valence-electron chi connectivity index (χ4n) is 5.28. The van der Waals surface area contributed by atoms with Crippen molar-refractivity contribution in [3.05, 3.63) is 36.4 Å². The highest BCUT2D eigenvalue weighted by atomic mass is 16.5. The Balaban J connectivity index is 1.56. The molecule has 0 saturated heterocycles. The second-order valence-electron chi connectivity index (χ2n) is 10.4. The van der Waals surface area contributed by atoms with Crippen molar-refractivity contribution in [1.82, 2.24) is 4.57 Å². The molecule has 0 aliphatic rings. The Morgan fingerprint density at radius 3 is 1.86 bits per heavy atom. The second-order valence-corrected chi connectivity index (χ2v) is 10.4. The summed E-state index contributed by atoms with van der Waals surface area (Å²) in [4.78, 5) is 0. The molecule has 0 aliphatic heterocycles. The summed E-state index contributed by atoms with van der Waals surface area (Å²) in [6.45, 7) is 6.36. The molecule has 1 heterocycles. The lowest BCUT2D eigenvalue weighted by Crippen LogP contribution is -2.02. The number of fused-ring (bicyclic) bond motifs is 3. The maximum atomic E-state index is 6.44. The first-order chi connectivity index (χ1) is 17.3. The third kappa shape index (κ3) is 8.47. The largest absolute Gasteiger partial charge is 0.491 e. The Kier molecular flexibility index (Phi) is 12.3. The topological polar surface area (TPSA) is 40.2 Å². The van der Waals surface area contributed by atoms with Crippen LogP contribution in [0.3, 0.4) is 0 Å². The number of nitrogen functional groups attached to an aromatic ring is 1. The molecule has 2 N–H and O–H groups in total. The molecule has 0 bridgehead atoms. The predicted molar refractivity (Wildman–Crippen MR) is 155 cm³/mol. The Bertz CT molecular complexity index is 990. The first kappa shape index (κ1) is 27.4. The Morgan fingerprint density at radius 1 is 0.629 bits per heavy atom. The monoisotopic (exact) mass is 478 g/mol. The van der Waals surface area contributed by atoms with Gasteiger partial charge in [-0.2, -0.15) is 0 Å². The highest BCUT2D eigenvalue weighted by Gasteiger charge is 2.13. The number of ether oxygens (including phenoxy) is 1. The van der Waals surface area contributed by atoms with E-state index >= 15 is 0 Å². The third-order valence-corrected chi connectivity index (χ3v) is 7.39. The first-order valence-corrected chi connectivity index (χ1v) is 14.7. The van der Waals surface area contributed by atoms with E-state index in [9.17, 15) is 0 Å². The summed E-state index contributed by atoms with van der Waals surface area (Å²) in [7, 11) is 0. The number of anilines is 1. The van der Waals surface area contributed by atoms with E-state index in [2.05, 4.69) is 54.8 Å². The van der Waals surface area contributed by atoms with Crippen LogP contribution >= 0.6 is 0 Å². The van der Waals surface area contributed by atoms with Crippen LogP contribution in [-0.4, -0.2) is 11.2 Å². The molecule has 0 saturated carbocycles. The number of rotatable bonds is 19. The molecule has 0 amide bonds. The van der Waals surface area contributed by atoms with E-state index in [-0.39, 0.29) is 0 Å². The molecule has 1 aromatic heterocycles. The lowest BCUT2D eigenvalue weighted by Gasteiger charge is -2.12. The zero-order valence-electron chi connectivity index (χ0n) is 22.6. The minimum atomic E-state index is 0.751. The quantitative estimate of drug-likeness (QED) is 0.137. The first-order valence-electron chi connectivity index (χ1n) is 14.7. The Morgan fingerprint density at radius 2 is 1.20 bits per heavy atom. The van der Waals surface area contributed by atoms with Crippen molar-refractivity contribution in [1.29, 1.82) is 0 Å². The number of nitrogens with two attached hydrogens (primary N) is 1. The lowest BCUT2D eigenvalue weighted by molar-refractivity contribution is 0.306. The number of unbranched alkanes of at least 4 members (excludes halogenated alkanes) is 14. The molecule has 0 radical (unpaired) electrons. The summed E-state index contributed by atoms with van der Waals surface area (Å²) in [5.41, 5.74) is 9.76. The average Bonchev–Trinajstić information content (AvgIpc) is 3.17. The molecule has 2 aromatic carbocycles. The molecule has 35 heavy (non-hydrogen) atoms. The molecule has 0 unspecified atom stereocenters. The molecule has 0 fully saturated rings. The number of hydrogen-bond acceptors (Lipinski definition) is 2. The summed E-state index contributed by atoms with van der Waals surface area (Å²) in [6, 6.07) is 13.1. The van der Waals surface area contributed by atoms with Gasteiger partial charge in [-0.15, -0.1) is 0 Å².